The highest BCUT2D eigenvalue weighted by Gasteiger charge is 2.18. The van der Waals surface area contributed by atoms with Crippen molar-refractivity contribution in [2.24, 2.45) is 0 Å². The molecule has 0 aliphatic heterocycles. The summed E-state index contributed by atoms with van der Waals surface area (Å²) >= 11 is 3.14. The first kappa shape index (κ1) is 15.2. The zero-order valence-electron chi connectivity index (χ0n) is 11.1. The lowest BCUT2D eigenvalue weighted by atomic mass is 10.2. The van der Waals surface area contributed by atoms with Crippen molar-refractivity contribution in [3.63, 3.8) is 0 Å². The molecule has 0 saturated heterocycles. The van der Waals surface area contributed by atoms with E-state index in [9.17, 15) is 14.3 Å². The fourth-order valence-corrected chi connectivity index (χ4v) is 2.05. The van der Waals surface area contributed by atoms with E-state index < -0.39 is 5.91 Å². The van der Waals surface area contributed by atoms with Crippen molar-refractivity contribution >= 4 is 21.8 Å². The Bertz CT molecular complexity index is 662. The Morgan fingerprint density at radius 1 is 1.43 bits per heavy atom. The highest BCUT2D eigenvalue weighted by molar-refractivity contribution is 9.10. The maximum atomic E-state index is 12.8. The summed E-state index contributed by atoms with van der Waals surface area (Å²) in [5.74, 6) is -1.10. The number of carbonyl (C=O) groups is 1. The zero-order valence-corrected chi connectivity index (χ0v) is 12.6. The Hall–Kier alpha value is -2.15. The van der Waals surface area contributed by atoms with E-state index in [1.54, 1.807) is 12.1 Å². The summed E-state index contributed by atoms with van der Waals surface area (Å²) < 4.78 is 18.1. The van der Waals surface area contributed by atoms with Gasteiger partial charge in [0.15, 0.2) is 17.2 Å². The van der Waals surface area contributed by atoms with Gasteiger partial charge < -0.3 is 15.2 Å². The summed E-state index contributed by atoms with van der Waals surface area (Å²) in [6, 6.07) is 7.18. The summed E-state index contributed by atoms with van der Waals surface area (Å²) in [7, 11) is 1.38. The first-order valence-electron chi connectivity index (χ1n) is 5.97. The fourth-order valence-electron chi connectivity index (χ4n) is 1.67. The van der Waals surface area contributed by atoms with E-state index >= 15 is 0 Å². The number of benzene rings is 1. The first-order valence-corrected chi connectivity index (χ1v) is 6.76. The Morgan fingerprint density at radius 2 is 2.10 bits per heavy atom. The fraction of sp³-hybridized carbons (Fsp3) is 0.143. The van der Waals surface area contributed by atoms with E-state index in [2.05, 4.69) is 26.2 Å². The van der Waals surface area contributed by atoms with E-state index in [0.717, 1.165) is 5.56 Å². The molecule has 0 aliphatic carbocycles. The quantitative estimate of drug-likeness (QED) is 0.828. The lowest BCUT2D eigenvalue weighted by Crippen LogP contribution is -2.24. The van der Waals surface area contributed by atoms with Gasteiger partial charge in [-0.3, -0.25) is 4.79 Å². The Kier molecular flexibility index (Phi) is 4.74. The van der Waals surface area contributed by atoms with Crippen molar-refractivity contribution in [2.45, 2.75) is 6.54 Å². The van der Waals surface area contributed by atoms with Gasteiger partial charge in [-0.05, 0) is 33.6 Å². The standard InChI is InChI=1S/C14H12BrFN2O3/c1-21-10-6-11(15)18-12(13(10)19)14(20)17-7-8-2-4-9(16)5-3-8/h2-6,19H,7H2,1H3,(H,17,20). The molecule has 0 spiro atoms. The zero-order chi connectivity index (χ0) is 15.4. The molecule has 1 amide bonds. The minimum Gasteiger partial charge on any atom is -0.503 e. The molecule has 1 heterocycles. The third-order valence-corrected chi connectivity index (χ3v) is 3.13. The average molecular weight is 355 g/mol. The van der Waals surface area contributed by atoms with Crippen LogP contribution < -0.4 is 10.1 Å². The summed E-state index contributed by atoms with van der Waals surface area (Å²) in [6.45, 7) is 0.190. The summed E-state index contributed by atoms with van der Waals surface area (Å²) in [6.07, 6.45) is 0. The van der Waals surface area contributed by atoms with Crippen molar-refractivity contribution in [1.29, 1.82) is 0 Å². The van der Waals surface area contributed by atoms with E-state index in [1.807, 2.05) is 0 Å². The Labute approximate surface area is 128 Å². The lowest BCUT2D eigenvalue weighted by molar-refractivity contribution is 0.0942. The molecule has 21 heavy (non-hydrogen) atoms. The van der Waals surface area contributed by atoms with Crippen LogP contribution in [-0.2, 0) is 6.54 Å². The number of rotatable bonds is 4. The molecule has 7 heteroatoms. The second kappa shape index (κ2) is 6.53. The average Bonchev–Trinajstić information content (AvgIpc) is 2.48. The van der Waals surface area contributed by atoms with E-state index in [1.165, 1.54) is 25.3 Å². The molecule has 1 aromatic heterocycles. The van der Waals surface area contributed by atoms with E-state index in [0.29, 0.717) is 4.60 Å². The van der Waals surface area contributed by atoms with Gasteiger partial charge in [0.05, 0.1) is 7.11 Å². The van der Waals surface area contributed by atoms with E-state index in [-0.39, 0.29) is 29.6 Å². The van der Waals surface area contributed by atoms with Crippen molar-refractivity contribution in [2.75, 3.05) is 7.11 Å². The summed E-state index contributed by atoms with van der Waals surface area (Å²) in [5, 5.41) is 12.5. The predicted molar refractivity (Wildman–Crippen MR) is 77.7 cm³/mol. The maximum Gasteiger partial charge on any atom is 0.274 e. The minimum absolute atomic E-state index is 0.142. The molecule has 0 radical (unpaired) electrons. The van der Waals surface area contributed by atoms with Crippen LogP contribution in [0.2, 0.25) is 0 Å². The predicted octanol–water partition coefficient (Wildman–Crippen LogP) is 2.63. The minimum atomic E-state index is -0.559. The summed E-state index contributed by atoms with van der Waals surface area (Å²) in [4.78, 5) is 16.0. The molecule has 5 nitrogen and oxygen atoms in total. The van der Waals surface area contributed by atoms with Crippen LogP contribution in [0.3, 0.4) is 0 Å². The van der Waals surface area contributed by atoms with Crippen LogP contribution in [0.25, 0.3) is 0 Å². The number of halogens is 2. The van der Waals surface area contributed by atoms with Gasteiger partial charge in [0.2, 0.25) is 0 Å². The maximum absolute atomic E-state index is 12.8. The molecule has 0 aliphatic rings. The lowest BCUT2D eigenvalue weighted by Gasteiger charge is -2.09. The van der Waals surface area contributed by atoms with Gasteiger partial charge in [-0.15, -0.1) is 0 Å². The number of pyridine rings is 1. The van der Waals surface area contributed by atoms with Gasteiger partial charge in [0.25, 0.3) is 5.91 Å². The number of hydrogen-bond donors (Lipinski definition) is 2. The van der Waals surface area contributed by atoms with Crippen molar-refractivity contribution in [3.8, 4) is 11.5 Å². The Balaban J connectivity index is 2.13. The normalized spacial score (nSPS) is 10.2. The van der Waals surface area contributed by atoms with Gasteiger partial charge >= 0.3 is 0 Å². The number of ether oxygens (including phenoxy) is 1. The highest BCUT2D eigenvalue weighted by Crippen LogP contribution is 2.31. The molecule has 110 valence electrons. The number of carbonyl (C=O) groups excluding carboxylic acids is 1. The SMILES string of the molecule is COc1cc(Br)nc(C(=O)NCc2ccc(F)cc2)c1O. The number of methoxy groups -OCH3 is 1. The molecule has 2 N–H and O–H groups in total. The molecular formula is C14H12BrFN2O3. The first-order chi connectivity index (χ1) is 10.0. The second-order valence-electron chi connectivity index (χ2n) is 4.15. The third-order valence-electron chi connectivity index (χ3n) is 2.73. The van der Waals surface area contributed by atoms with Gasteiger partial charge in [0.1, 0.15) is 10.4 Å². The third kappa shape index (κ3) is 3.69. The van der Waals surface area contributed by atoms with Crippen LogP contribution in [-0.4, -0.2) is 23.1 Å². The van der Waals surface area contributed by atoms with Crippen LogP contribution in [0.1, 0.15) is 16.1 Å². The monoisotopic (exact) mass is 354 g/mol. The van der Waals surface area contributed by atoms with E-state index in [4.69, 9.17) is 4.74 Å². The Morgan fingerprint density at radius 3 is 2.71 bits per heavy atom. The van der Waals surface area contributed by atoms with Gasteiger partial charge in [0, 0.05) is 12.6 Å². The topological polar surface area (TPSA) is 71.5 Å². The number of amides is 1. The largest absolute Gasteiger partial charge is 0.503 e. The molecule has 0 fully saturated rings. The van der Waals surface area contributed by atoms with Crippen molar-refractivity contribution in [1.82, 2.24) is 10.3 Å². The number of aromatic nitrogens is 1. The number of hydrogen-bond acceptors (Lipinski definition) is 4. The van der Waals surface area contributed by atoms with Crippen LogP contribution in [0.4, 0.5) is 4.39 Å². The summed E-state index contributed by atoms with van der Waals surface area (Å²) in [5.41, 5.74) is 0.578. The molecule has 1 aromatic carbocycles. The number of nitrogens with zero attached hydrogens (tertiary/aromatic N) is 1. The molecule has 2 aromatic rings. The molecule has 0 atom stereocenters. The second-order valence-corrected chi connectivity index (χ2v) is 4.97. The van der Waals surface area contributed by atoms with Gasteiger partial charge in [-0.1, -0.05) is 12.1 Å². The molecule has 0 unspecified atom stereocenters. The number of nitrogens with one attached hydrogen (secondary N) is 1. The van der Waals surface area contributed by atoms with Crippen LogP contribution in [0.5, 0.6) is 11.5 Å². The van der Waals surface area contributed by atoms with Crippen molar-refractivity contribution in [3.05, 3.63) is 52.0 Å². The van der Waals surface area contributed by atoms with Crippen LogP contribution >= 0.6 is 15.9 Å². The number of aromatic hydroxyl groups is 1. The van der Waals surface area contributed by atoms with Crippen LogP contribution in [0.15, 0.2) is 34.9 Å². The van der Waals surface area contributed by atoms with Gasteiger partial charge in [-0.25, -0.2) is 9.37 Å². The molecule has 0 saturated carbocycles. The molecular weight excluding hydrogens is 343 g/mol. The van der Waals surface area contributed by atoms with Crippen molar-refractivity contribution < 1.29 is 19.0 Å². The van der Waals surface area contributed by atoms with Gasteiger partial charge in [-0.2, -0.15) is 0 Å². The molecule has 0 bridgehead atoms. The van der Waals surface area contributed by atoms with Crippen LogP contribution in [0, 0.1) is 5.82 Å². The molecule has 2 rings (SSSR count). The highest BCUT2D eigenvalue weighted by atomic mass is 79.9. The smallest absolute Gasteiger partial charge is 0.274 e.